The van der Waals surface area contributed by atoms with Crippen molar-refractivity contribution in [2.45, 2.75) is 12.6 Å². The quantitative estimate of drug-likeness (QED) is 0.858. The van der Waals surface area contributed by atoms with Crippen LogP contribution < -0.4 is 5.32 Å². The number of carbonyl (C=O) groups is 1. The Morgan fingerprint density at radius 3 is 2.90 bits per heavy atom. The van der Waals surface area contributed by atoms with Crippen LogP contribution in [0.5, 0.6) is 0 Å². The van der Waals surface area contributed by atoms with Crippen LogP contribution in [-0.4, -0.2) is 13.1 Å². The Bertz CT molecular complexity index is 589. The number of nitrogens with one attached hydrogen (secondary N) is 1. The summed E-state index contributed by atoms with van der Waals surface area (Å²) in [5.74, 6) is -0.957. The third kappa shape index (κ3) is 3.56. The average molecular weight is 314 g/mol. The van der Waals surface area contributed by atoms with Gasteiger partial charge in [-0.15, -0.1) is 11.3 Å². The molecule has 0 spiro atoms. The van der Waals surface area contributed by atoms with Gasteiger partial charge in [0.05, 0.1) is 12.1 Å². The van der Waals surface area contributed by atoms with Crippen molar-refractivity contribution in [1.29, 1.82) is 0 Å². The number of esters is 1. The van der Waals surface area contributed by atoms with Gasteiger partial charge < -0.3 is 4.74 Å². The fourth-order valence-corrected chi connectivity index (χ4v) is 2.61. The van der Waals surface area contributed by atoms with E-state index in [0.717, 1.165) is 4.88 Å². The van der Waals surface area contributed by atoms with E-state index in [1.54, 1.807) is 11.3 Å². The van der Waals surface area contributed by atoms with Crippen LogP contribution >= 0.6 is 22.9 Å². The van der Waals surface area contributed by atoms with Gasteiger partial charge >= 0.3 is 5.97 Å². The SMILES string of the molecule is COC(=O)C(NCc1cccs1)c1ccc(F)c(Cl)c1. The zero-order valence-electron chi connectivity index (χ0n) is 10.7. The molecule has 0 bridgehead atoms. The Labute approximate surface area is 125 Å². The standard InChI is InChI=1S/C14H13ClFNO2S/c1-19-14(18)13(17-8-10-3-2-6-20-10)9-4-5-12(16)11(15)7-9/h2-7,13,17H,8H2,1H3. The maximum absolute atomic E-state index is 13.2. The van der Waals surface area contributed by atoms with Gasteiger partial charge in [-0.05, 0) is 29.1 Å². The molecule has 2 rings (SSSR count). The molecule has 3 nitrogen and oxygen atoms in total. The second-order valence-corrected chi connectivity index (χ2v) is 5.53. The number of methoxy groups -OCH3 is 1. The normalized spacial score (nSPS) is 12.2. The van der Waals surface area contributed by atoms with Gasteiger partial charge in [0.2, 0.25) is 0 Å². The Morgan fingerprint density at radius 2 is 2.30 bits per heavy atom. The van der Waals surface area contributed by atoms with E-state index >= 15 is 0 Å². The number of rotatable bonds is 5. The van der Waals surface area contributed by atoms with E-state index in [2.05, 4.69) is 5.32 Å². The molecule has 0 aliphatic heterocycles. The van der Waals surface area contributed by atoms with Gasteiger partial charge in [-0.25, -0.2) is 9.18 Å². The zero-order chi connectivity index (χ0) is 14.5. The van der Waals surface area contributed by atoms with Gasteiger partial charge in [-0.2, -0.15) is 0 Å². The summed E-state index contributed by atoms with van der Waals surface area (Å²) in [5, 5.41) is 5.03. The van der Waals surface area contributed by atoms with Crippen LogP contribution in [0.25, 0.3) is 0 Å². The molecule has 0 amide bonds. The molecule has 20 heavy (non-hydrogen) atoms. The van der Waals surface area contributed by atoms with Crippen molar-refractivity contribution in [3.8, 4) is 0 Å². The first-order valence-electron chi connectivity index (χ1n) is 5.90. The molecule has 0 radical (unpaired) electrons. The van der Waals surface area contributed by atoms with Crippen molar-refractivity contribution in [1.82, 2.24) is 5.32 Å². The fourth-order valence-electron chi connectivity index (χ4n) is 1.76. The van der Waals surface area contributed by atoms with E-state index in [-0.39, 0.29) is 5.02 Å². The molecular formula is C14H13ClFNO2S. The van der Waals surface area contributed by atoms with Gasteiger partial charge in [0, 0.05) is 11.4 Å². The Balaban J connectivity index is 2.18. The molecule has 2 aromatic rings. The molecule has 0 aliphatic rings. The average Bonchev–Trinajstić information content (AvgIpc) is 2.95. The van der Waals surface area contributed by atoms with Crippen LogP contribution in [0, 0.1) is 5.82 Å². The maximum atomic E-state index is 13.2. The van der Waals surface area contributed by atoms with Crippen LogP contribution in [0.15, 0.2) is 35.7 Å². The lowest BCUT2D eigenvalue weighted by Gasteiger charge is -2.16. The van der Waals surface area contributed by atoms with E-state index in [9.17, 15) is 9.18 Å². The van der Waals surface area contributed by atoms with E-state index in [0.29, 0.717) is 12.1 Å². The molecule has 1 aromatic carbocycles. The molecule has 1 unspecified atom stereocenters. The minimum absolute atomic E-state index is 0.0191. The third-order valence-corrected chi connectivity index (χ3v) is 3.94. The minimum Gasteiger partial charge on any atom is -0.468 e. The maximum Gasteiger partial charge on any atom is 0.327 e. The first-order chi connectivity index (χ1) is 9.61. The van der Waals surface area contributed by atoms with Crippen molar-refractivity contribution in [3.05, 3.63) is 57.0 Å². The highest BCUT2D eigenvalue weighted by atomic mass is 35.5. The highest BCUT2D eigenvalue weighted by Gasteiger charge is 2.21. The topological polar surface area (TPSA) is 38.3 Å². The number of benzene rings is 1. The summed E-state index contributed by atoms with van der Waals surface area (Å²) in [7, 11) is 1.31. The summed E-state index contributed by atoms with van der Waals surface area (Å²) in [4.78, 5) is 12.9. The summed E-state index contributed by atoms with van der Waals surface area (Å²) in [5.41, 5.74) is 0.569. The minimum atomic E-state index is -0.680. The lowest BCUT2D eigenvalue weighted by Crippen LogP contribution is -2.29. The number of thiophene rings is 1. The summed E-state index contributed by atoms with van der Waals surface area (Å²) in [6, 6.07) is 7.40. The van der Waals surface area contributed by atoms with Crippen LogP contribution in [0.1, 0.15) is 16.5 Å². The summed E-state index contributed by atoms with van der Waals surface area (Å²) >= 11 is 7.34. The van der Waals surface area contributed by atoms with Gasteiger partial charge in [0.1, 0.15) is 11.9 Å². The number of carbonyl (C=O) groups excluding carboxylic acids is 1. The monoisotopic (exact) mass is 313 g/mol. The first-order valence-corrected chi connectivity index (χ1v) is 7.16. The van der Waals surface area contributed by atoms with Crippen molar-refractivity contribution in [2.75, 3.05) is 7.11 Å². The predicted molar refractivity (Wildman–Crippen MR) is 77.3 cm³/mol. The van der Waals surface area contributed by atoms with Gasteiger partial charge in [0.15, 0.2) is 0 Å². The molecule has 0 saturated heterocycles. The van der Waals surface area contributed by atoms with Crippen molar-refractivity contribution in [2.24, 2.45) is 0 Å². The Morgan fingerprint density at radius 1 is 1.50 bits per heavy atom. The number of ether oxygens (including phenoxy) is 1. The molecule has 106 valence electrons. The number of hydrogen-bond donors (Lipinski definition) is 1. The van der Waals surface area contributed by atoms with Gasteiger partial charge in [-0.1, -0.05) is 23.7 Å². The lowest BCUT2D eigenvalue weighted by atomic mass is 10.1. The largest absolute Gasteiger partial charge is 0.468 e. The molecule has 6 heteroatoms. The van der Waals surface area contributed by atoms with E-state index in [1.165, 1.54) is 25.3 Å². The van der Waals surface area contributed by atoms with E-state index < -0.39 is 17.8 Å². The smallest absolute Gasteiger partial charge is 0.327 e. The third-order valence-electron chi connectivity index (χ3n) is 2.77. The molecule has 1 heterocycles. The molecule has 0 saturated carbocycles. The highest BCUT2D eigenvalue weighted by molar-refractivity contribution is 7.09. The number of hydrogen-bond acceptors (Lipinski definition) is 4. The van der Waals surface area contributed by atoms with Crippen molar-refractivity contribution < 1.29 is 13.9 Å². The predicted octanol–water partition coefficient (Wildman–Crippen LogP) is 3.54. The number of halogens is 2. The summed E-state index contributed by atoms with van der Waals surface area (Å²) < 4.78 is 18.0. The van der Waals surface area contributed by atoms with Gasteiger partial charge in [-0.3, -0.25) is 5.32 Å². The van der Waals surface area contributed by atoms with Crippen molar-refractivity contribution in [3.63, 3.8) is 0 Å². The van der Waals surface area contributed by atoms with Crippen LogP contribution in [0.3, 0.4) is 0 Å². The highest BCUT2D eigenvalue weighted by Crippen LogP contribution is 2.22. The van der Waals surface area contributed by atoms with E-state index in [4.69, 9.17) is 16.3 Å². The Hall–Kier alpha value is -1.43. The second-order valence-electron chi connectivity index (χ2n) is 4.09. The first kappa shape index (κ1) is 15.0. The molecule has 0 fully saturated rings. The van der Waals surface area contributed by atoms with Crippen molar-refractivity contribution >= 4 is 28.9 Å². The van der Waals surface area contributed by atoms with Gasteiger partial charge in [0.25, 0.3) is 0 Å². The summed E-state index contributed by atoms with van der Waals surface area (Å²) in [6.07, 6.45) is 0. The van der Waals surface area contributed by atoms with Crippen LogP contribution in [0.2, 0.25) is 5.02 Å². The Kier molecular flexibility index (Phi) is 5.11. The molecule has 0 aliphatic carbocycles. The zero-order valence-corrected chi connectivity index (χ0v) is 12.3. The molecular weight excluding hydrogens is 301 g/mol. The van der Waals surface area contributed by atoms with Crippen LogP contribution in [-0.2, 0) is 16.1 Å². The van der Waals surface area contributed by atoms with E-state index in [1.807, 2.05) is 17.5 Å². The van der Waals surface area contributed by atoms with Crippen LogP contribution in [0.4, 0.5) is 4.39 Å². The fraction of sp³-hybridized carbons (Fsp3) is 0.214. The molecule has 1 atom stereocenters. The lowest BCUT2D eigenvalue weighted by molar-refractivity contribution is -0.143. The molecule has 1 aromatic heterocycles. The second kappa shape index (κ2) is 6.83. The molecule has 1 N–H and O–H groups in total. The summed E-state index contributed by atoms with van der Waals surface area (Å²) in [6.45, 7) is 0.520.